The van der Waals surface area contributed by atoms with Crippen LogP contribution in [0.2, 0.25) is 0 Å². The highest BCUT2D eigenvalue weighted by molar-refractivity contribution is 5.93. The molecule has 0 aliphatic rings. The van der Waals surface area contributed by atoms with E-state index in [1.165, 1.54) is 18.3 Å². The molecule has 0 saturated heterocycles. The van der Waals surface area contributed by atoms with Crippen molar-refractivity contribution in [2.24, 2.45) is 0 Å². The number of aliphatic hydroxyl groups is 1. The molecule has 0 fully saturated rings. The van der Waals surface area contributed by atoms with Crippen LogP contribution in [-0.4, -0.2) is 37.1 Å². The Morgan fingerprint density at radius 1 is 1.17 bits per heavy atom. The van der Waals surface area contributed by atoms with E-state index in [1.807, 2.05) is 0 Å². The number of hydrogen-bond acceptors (Lipinski definition) is 6. The second-order valence-electron chi connectivity index (χ2n) is 6.33. The van der Waals surface area contributed by atoms with Gasteiger partial charge >= 0.3 is 6.18 Å². The molecule has 0 radical (unpaired) electrons. The van der Waals surface area contributed by atoms with Crippen molar-refractivity contribution in [3.05, 3.63) is 72.0 Å². The maximum atomic E-state index is 12.7. The van der Waals surface area contributed by atoms with Crippen LogP contribution < -0.4 is 5.32 Å². The van der Waals surface area contributed by atoms with Crippen LogP contribution in [0.1, 0.15) is 28.0 Å². The smallest absolute Gasteiger partial charge is 0.394 e. The highest BCUT2D eigenvalue weighted by atomic mass is 19.4. The number of imidazole rings is 1. The molecule has 0 bridgehead atoms. The van der Waals surface area contributed by atoms with E-state index in [9.17, 15) is 23.1 Å². The third-order valence-corrected chi connectivity index (χ3v) is 4.29. The average molecular weight is 417 g/mol. The summed E-state index contributed by atoms with van der Waals surface area (Å²) < 4.78 is 44.8. The summed E-state index contributed by atoms with van der Waals surface area (Å²) in [4.78, 5) is 20.7. The lowest BCUT2D eigenvalue weighted by Crippen LogP contribution is -2.31. The van der Waals surface area contributed by atoms with Crippen molar-refractivity contribution in [3.8, 4) is 11.4 Å². The Kier molecular flexibility index (Phi) is 4.96. The lowest BCUT2D eigenvalue weighted by atomic mass is 10.1. The Hall–Kier alpha value is -3.73. The molecule has 3 heterocycles. The van der Waals surface area contributed by atoms with Crippen LogP contribution in [0.4, 0.5) is 13.2 Å². The first kappa shape index (κ1) is 19.6. The highest BCUT2D eigenvalue weighted by Gasteiger charge is 2.30. The summed E-state index contributed by atoms with van der Waals surface area (Å²) in [6.45, 7) is -0.534. The molecule has 11 heteroatoms. The van der Waals surface area contributed by atoms with Gasteiger partial charge in [-0.15, -0.1) is 0 Å². The van der Waals surface area contributed by atoms with Gasteiger partial charge in [0.2, 0.25) is 5.82 Å². The third-order valence-electron chi connectivity index (χ3n) is 4.29. The summed E-state index contributed by atoms with van der Waals surface area (Å²) >= 11 is 0. The lowest BCUT2D eigenvalue weighted by Gasteiger charge is -2.10. The molecule has 154 valence electrons. The van der Waals surface area contributed by atoms with Crippen molar-refractivity contribution in [2.75, 3.05) is 6.61 Å². The number of aliphatic hydroxyl groups excluding tert-OH is 1. The number of aromatic nitrogens is 4. The molecular formula is C19H14F3N5O3. The fourth-order valence-corrected chi connectivity index (χ4v) is 2.76. The number of pyridine rings is 1. The topological polar surface area (TPSA) is 106 Å². The maximum Gasteiger partial charge on any atom is 0.416 e. The summed E-state index contributed by atoms with van der Waals surface area (Å²) in [6, 6.07) is 8.50. The van der Waals surface area contributed by atoms with Crippen LogP contribution in [0.5, 0.6) is 0 Å². The van der Waals surface area contributed by atoms with E-state index >= 15 is 0 Å². The number of amides is 1. The van der Waals surface area contributed by atoms with E-state index in [2.05, 4.69) is 20.4 Å². The molecule has 1 atom stereocenters. The number of hydrogen-bond donors (Lipinski definition) is 2. The van der Waals surface area contributed by atoms with E-state index in [1.54, 1.807) is 28.8 Å². The number of rotatable bonds is 5. The minimum Gasteiger partial charge on any atom is -0.394 e. The molecule has 0 saturated carbocycles. The van der Waals surface area contributed by atoms with Gasteiger partial charge in [-0.2, -0.15) is 18.2 Å². The van der Waals surface area contributed by atoms with E-state index < -0.39 is 30.3 Å². The molecule has 0 spiro atoms. The molecule has 2 N–H and O–H groups in total. The summed E-state index contributed by atoms with van der Waals surface area (Å²) in [7, 11) is 0. The molecule has 0 aliphatic heterocycles. The number of carbonyl (C=O) groups excluding carboxylic acids is 1. The van der Waals surface area contributed by atoms with Gasteiger partial charge in [0.15, 0.2) is 0 Å². The summed E-state index contributed by atoms with van der Waals surface area (Å²) in [5.74, 6) is -0.629. The maximum absolute atomic E-state index is 12.7. The fraction of sp³-hybridized carbons (Fsp3) is 0.158. The number of fused-ring (bicyclic) bond motifs is 1. The van der Waals surface area contributed by atoms with Crippen LogP contribution in [0, 0.1) is 0 Å². The minimum absolute atomic E-state index is 0.0270. The first-order valence-electron chi connectivity index (χ1n) is 8.72. The second-order valence-corrected chi connectivity index (χ2v) is 6.33. The van der Waals surface area contributed by atoms with Crippen molar-refractivity contribution in [1.82, 2.24) is 24.8 Å². The van der Waals surface area contributed by atoms with Gasteiger partial charge in [0.1, 0.15) is 17.4 Å². The van der Waals surface area contributed by atoms with Crippen molar-refractivity contribution >= 4 is 11.6 Å². The first-order valence-corrected chi connectivity index (χ1v) is 8.72. The largest absolute Gasteiger partial charge is 0.416 e. The van der Waals surface area contributed by atoms with Crippen molar-refractivity contribution in [2.45, 2.75) is 12.2 Å². The van der Waals surface area contributed by atoms with Crippen molar-refractivity contribution < 1.29 is 27.6 Å². The van der Waals surface area contributed by atoms with Gasteiger partial charge in [-0.1, -0.05) is 23.4 Å². The summed E-state index contributed by atoms with van der Waals surface area (Å²) in [5.41, 5.74) is 0.192. The Balaban J connectivity index is 1.51. The van der Waals surface area contributed by atoms with E-state index in [0.717, 1.165) is 12.1 Å². The standard InChI is InChI=1S/C19H14F3N5O3/c20-19(21,22)12-6-4-11(5-7-12)16-25-18(30-26-16)14(10-28)24-17(29)13-9-27-8-2-1-3-15(27)23-13/h1-9,14,28H,10H2,(H,24,29)/t14-/m0/s1. The molecule has 0 aliphatic carbocycles. The zero-order chi connectivity index (χ0) is 21.3. The van der Waals surface area contributed by atoms with Gasteiger partial charge in [-0.25, -0.2) is 4.98 Å². The first-order chi connectivity index (χ1) is 14.3. The van der Waals surface area contributed by atoms with Gasteiger partial charge in [0.05, 0.1) is 12.2 Å². The highest BCUT2D eigenvalue weighted by Crippen LogP contribution is 2.30. The number of carbonyl (C=O) groups is 1. The molecule has 1 aromatic carbocycles. The van der Waals surface area contributed by atoms with Gasteiger partial charge in [-0.05, 0) is 24.3 Å². The van der Waals surface area contributed by atoms with Crippen LogP contribution in [0.25, 0.3) is 17.0 Å². The molecule has 4 rings (SSSR count). The zero-order valence-corrected chi connectivity index (χ0v) is 15.2. The lowest BCUT2D eigenvalue weighted by molar-refractivity contribution is -0.137. The fourth-order valence-electron chi connectivity index (χ4n) is 2.76. The molecule has 30 heavy (non-hydrogen) atoms. The number of benzene rings is 1. The molecule has 1 amide bonds. The molecule has 4 aromatic rings. The SMILES string of the molecule is O=C(N[C@@H](CO)c1nc(-c2ccc(C(F)(F)F)cc2)no1)c1cn2ccccc2n1. The van der Waals surface area contributed by atoms with Crippen LogP contribution >= 0.6 is 0 Å². The Morgan fingerprint density at radius 3 is 2.60 bits per heavy atom. The van der Waals surface area contributed by atoms with Gasteiger partial charge < -0.3 is 19.3 Å². The number of halogens is 3. The van der Waals surface area contributed by atoms with Crippen LogP contribution in [0.3, 0.4) is 0 Å². The van der Waals surface area contributed by atoms with Gasteiger partial charge in [0, 0.05) is 18.0 Å². The number of nitrogens with zero attached hydrogens (tertiary/aromatic N) is 4. The van der Waals surface area contributed by atoms with Gasteiger partial charge in [-0.3, -0.25) is 4.79 Å². The summed E-state index contributed by atoms with van der Waals surface area (Å²) in [6.07, 6.45) is -1.19. The monoisotopic (exact) mass is 417 g/mol. The summed E-state index contributed by atoms with van der Waals surface area (Å²) in [5, 5.41) is 15.9. The minimum atomic E-state index is -4.45. The zero-order valence-electron chi connectivity index (χ0n) is 15.2. The number of nitrogens with one attached hydrogen (secondary N) is 1. The normalized spacial score (nSPS) is 12.8. The molecule has 0 unspecified atom stereocenters. The molecule has 3 aromatic heterocycles. The van der Waals surface area contributed by atoms with Gasteiger partial charge in [0.25, 0.3) is 11.8 Å². The van der Waals surface area contributed by atoms with Crippen molar-refractivity contribution in [3.63, 3.8) is 0 Å². The van der Waals surface area contributed by atoms with Crippen molar-refractivity contribution in [1.29, 1.82) is 0 Å². The predicted molar refractivity (Wildman–Crippen MR) is 97.2 cm³/mol. The third kappa shape index (κ3) is 3.87. The van der Waals surface area contributed by atoms with E-state index in [4.69, 9.17) is 4.52 Å². The Morgan fingerprint density at radius 2 is 1.93 bits per heavy atom. The Bertz CT molecular complexity index is 1150. The van der Waals surface area contributed by atoms with Crippen LogP contribution in [-0.2, 0) is 6.18 Å². The second kappa shape index (κ2) is 7.59. The van der Waals surface area contributed by atoms with E-state index in [0.29, 0.717) is 11.2 Å². The van der Waals surface area contributed by atoms with E-state index in [-0.39, 0.29) is 17.4 Å². The quantitative estimate of drug-likeness (QED) is 0.517. The molecule has 8 nitrogen and oxygen atoms in total. The van der Waals surface area contributed by atoms with Crippen LogP contribution in [0.15, 0.2) is 59.4 Å². The molecular weight excluding hydrogens is 403 g/mol. The average Bonchev–Trinajstić information content (AvgIpc) is 3.38. The number of alkyl halides is 3. The Labute approximate surface area is 167 Å². The predicted octanol–water partition coefficient (Wildman–Crippen LogP) is 2.87.